The molecule has 2 heterocycles. The number of carboxylic acid groups (broad SMARTS) is 1. The highest BCUT2D eigenvalue weighted by molar-refractivity contribution is 7.16. The number of nitrogens with zero attached hydrogens (tertiary/aromatic N) is 2. The highest BCUT2D eigenvalue weighted by Crippen LogP contribution is 2.26. The molecule has 0 radical (unpaired) electrons. The Labute approximate surface area is 88.1 Å². The normalized spacial score (nSPS) is 10.2. The van der Waals surface area contributed by atoms with Gasteiger partial charge in [0, 0.05) is 11.8 Å². The summed E-state index contributed by atoms with van der Waals surface area (Å²) < 4.78 is 13.2. The van der Waals surface area contributed by atoms with Crippen LogP contribution in [-0.2, 0) is 0 Å². The van der Waals surface area contributed by atoms with Crippen LogP contribution < -0.4 is 0 Å². The lowest BCUT2D eigenvalue weighted by atomic mass is 10.3. The van der Waals surface area contributed by atoms with Crippen LogP contribution in [0.4, 0.5) is 4.39 Å². The van der Waals surface area contributed by atoms with E-state index in [-0.39, 0.29) is 10.4 Å². The first-order valence-electron chi connectivity index (χ1n) is 3.97. The molecule has 0 aromatic carbocycles. The van der Waals surface area contributed by atoms with Crippen LogP contribution in [0.15, 0.2) is 24.7 Å². The minimum absolute atomic E-state index is 0.0845. The van der Waals surface area contributed by atoms with Crippen molar-refractivity contribution in [1.29, 1.82) is 0 Å². The smallest absolute Gasteiger partial charge is 0.347 e. The molecule has 2 aromatic rings. The summed E-state index contributed by atoms with van der Waals surface area (Å²) >= 11 is 0.930. The number of carboxylic acids is 1. The summed E-state index contributed by atoms with van der Waals surface area (Å²) in [7, 11) is 0. The maximum absolute atomic E-state index is 13.2. The molecule has 0 aliphatic carbocycles. The highest BCUT2D eigenvalue weighted by Gasteiger charge is 2.12. The van der Waals surface area contributed by atoms with Gasteiger partial charge < -0.3 is 5.11 Å². The van der Waals surface area contributed by atoms with Gasteiger partial charge >= 0.3 is 5.97 Å². The van der Waals surface area contributed by atoms with E-state index in [9.17, 15) is 9.18 Å². The number of carbonyl (C=O) groups is 1. The van der Waals surface area contributed by atoms with Gasteiger partial charge in [0.05, 0.1) is 12.4 Å². The number of aromatic nitrogens is 2. The fraction of sp³-hybridized carbons (Fsp3) is 0. The SMILES string of the molecule is O=C(O)c1cnc(-c2ccncc2F)s1. The summed E-state index contributed by atoms with van der Waals surface area (Å²) in [6, 6.07) is 1.46. The van der Waals surface area contributed by atoms with E-state index in [0.29, 0.717) is 5.01 Å². The number of hydrogen-bond acceptors (Lipinski definition) is 4. The Morgan fingerprint density at radius 2 is 2.27 bits per heavy atom. The Balaban J connectivity index is 2.46. The van der Waals surface area contributed by atoms with Crippen molar-refractivity contribution in [3.05, 3.63) is 35.4 Å². The zero-order valence-electron chi connectivity index (χ0n) is 7.35. The summed E-state index contributed by atoms with van der Waals surface area (Å²) in [5.74, 6) is -1.57. The summed E-state index contributed by atoms with van der Waals surface area (Å²) in [5.41, 5.74) is 0.266. The standard InChI is InChI=1S/C9H5FN2O2S/c10-6-3-11-2-1-5(6)8-12-4-7(15-8)9(13)14/h1-4H,(H,13,14). The lowest BCUT2D eigenvalue weighted by Crippen LogP contribution is -1.89. The van der Waals surface area contributed by atoms with E-state index in [2.05, 4.69) is 9.97 Å². The largest absolute Gasteiger partial charge is 0.477 e. The molecule has 0 atom stereocenters. The fourth-order valence-electron chi connectivity index (χ4n) is 1.05. The highest BCUT2D eigenvalue weighted by atomic mass is 32.1. The van der Waals surface area contributed by atoms with Gasteiger partial charge in [0.2, 0.25) is 0 Å². The number of thiazole rings is 1. The van der Waals surface area contributed by atoms with Crippen LogP contribution in [-0.4, -0.2) is 21.0 Å². The molecule has 0 spiro atoms. The second-order valence-corrected chi connectivity index (χ2v) is 3.72. The summed E-state index contributed by atoms with van der Waals surface area (Å²) in [4.78, 5) is 18.1. The maximum Gasteiger partial charge on any atom is 0.347 e. The van der Waals surface area contributed by atoms with Gasteiger partial charge in [-0.25, -0.2) is 14.2 Å². The number of rotatable bonds is 2. The molecule has 6 heteroatoms. The molecule has 76 valence electrons. The van der Waals surface area contributed by atoms with Gasteiger partial charge in [-0.3, -0.25) is 4.98 Å². The van der Waals surface area contributed by atoms with Crippen LogP contribution in [0, 0.1) is 5.82 Å². The molecule has 0 amide bonds. The van der Waals surface area contributed by atoms with Crippen LogP contribution in [0.5, 0.6) is 0 Å². The predicted molar refractivity (Wildman–Crippen MR) is 52.3 cm³/mol. The lowest BCUT2D eigenvalue weighted by Gasteiger charge is -1.95. The fourth-order valence-corrected chi connectivity index (χ4v) is 1.83. The molecule has 1 N–H and O–H groups in total. The van der Waals surface area contributed by atoms with Gasteiger partial charge in [-0.05, 0) is 6.07 Å². The first kappa shape index (κ1) is 9.72. The van der Waals surface area contributed by atoms with Crippen LogP contribution in [0.3, 0.4) is 0 Å². The lowest BCUT2D eigenvalue weighted by molar-refractivity contribution is 0.0702. The molecule has 2 aromatic heterocycles. The summed E-state index contributed by atoms with van der Waals surface area (Å²) in [6.45, 7) is 0. The Kier molecular flexibility index (Phi) is 2.42. The van der Waals surface area contributed by atoms with Crippen molar-refractivity contribution in [3.63, 3.8) is 0 Å². The van der Waals surface area contributed by atoms with Gasteiger partial charge in [0.15, 0.2) is 5.82 Å². The second-order valence-electron chi connectivity index (χ2n) is 2.69. The number of pyridine rings is 1. The van der Waals surface area contributed by atoms with Crippen molar-refractivity contribution in [1.82, 2.24) is 9.97 Å². The van der Waals surface area contributed by atoms with Gasteiger partial charge in [-0.2, -0.15) is 0 Å². The minimum Gasteiger partial charge on any atom is -0.477 e. The predicted octanol–water partition coefficient (Wildman–Crippen LogP) is 2.04. The second kappa shape index (κ2) is 3.74. The summed E-state index contributed by atoms with van der Waals surface area (Å²) in [6.07, 6.45) is 3.71. The number of halogens is 1. The van der Waals surface area contributed by atoms with Crippen LogP contribution in [0.1, 0.15) is 9.67 Å². The van der Waals surface area contributed by atoms with Crippen molar-refractivity contribution in [3.8, 4) is 10.6 Å². The van der Waals surface area contributed by atoms with E-state index in [4.69, 9.17) is 5.11 Å². The number of aromatic carboxylic acids is 1. The van der Waals surface area contributed by atoms with Crippen LogP contribution in [0.2, 0.25) is 0 Å². The third kappa shape index (κ3) is 1.84. The van der Waals surface area contributed by atoms with Crippen LogP contribution in [0.25, 0.3) is 10.6 Å². The van der Waals surface area contributed by atoms with Gasteiger partial charge in [-0.15, -0.1) is 11.3 Å². The van der Waals surface area contributed by atoms with E-state index in [0.717, 1.165) is 17.5 Å². The Hall–Kier alpha value is -1.82. The molecule has 0 aliphatic rings. The van der Waals surface area contributed by atoms with E-state index in [1.165, 1.54) is 18.5 Å². The Morgan fingerprint density at radius 3 is 2.87 bits per heavy atom. The third-order valence-electron chi connectivity index (χ3n) is 1.72. The van der Waals surface area contributed by atoms with Crippen molar-refractivity contribution < 1.29 is 14.3 Å². The summed E-state index contributed by atoms with van der Waals surface area (Å²) in [5, 5.41) is 9.02. The van der Waals surface area contributed by atoms with E-state index >= 15 is 0 Å². The molecule has 0 aliphatic heterocycles. The topological polar surface area (TPSA) is 63.1 Å². The first-order chi connectivity index (χ1) is 7.18. The van der Waals surface area contributed by atoms with E-state index in [1.807, 2.05) is 0 Å². The maximum atomic E-state index is 13.2. The van der Waals surface area contributed by atoms with Crippen molar-refractivity contribution in [2.75, 3.05) is 0 Å². The first-order valence-corrected chi connectivity index (χ1v) is 4.79. The molecular formula is C9H5FN2O2S. The molecule has 0 fully saturated rings. The average molecular weight is 224 g/mol. The monoisotopic (exact) mass is 224 g/mol. The van der Waals surface area contributed by atoms with Gasteiger partial charge in [-0.1, -0.05) is 0 Å². The van der Waals surface area contributed by atoms with Crippen molar-refractivity contribution >= 4 is 17.3 Å². The molecular weight excluding hydrogens is 219 g/mol. The molecule has 0 saturated heterocycles. The van der Waals surface area contributed by atoms with Crippen LogP contribution >= 0.6 is 11.3 Å². The molecule has 15 heavy (non-hydrogen) atoms. The van der Waals surface area contributed by atoms with Crippen molar-refractivity contribution in [2.24, 2.45) is 0 Å². The molecule has 4 nitrogen and oxygen atoms in total. The third-order valence-corrected chi connectivity index (χ3v) is 2.74. The van der Waals surface area contributed by atoms with Gasteiger partial charge in [0.25, 0.3) is 0 Å². The minimum atomic E-state index is -1.06. The molecule has 2 rings (SSSR count). The zero-order valence-corrected chi connectivity index (χ0v) is 8.16. The quantitative estimate of drug-likeness (QED) is 0.847. The van der Waals surface area contributed by atoms with E-state index in [1.54, 1.807) is 0 Å². The van der Waals surface area contributed by atoms with E-state index < -0.39 is 11.8 Å². The zero-order chi connectivity index (χ0) is 10.8. The van der Waals surface area contributed by atoms with Gasteiger partial charge in [0.1, 0.15) is 9.88 Å². The Bertz CT molecular complexity index is 512. The molecule has 0 unspecified atom stereocenters. The Morgan fingerprint density at radius 1 is 1.47 bits per heavy atom. The number of hydrogen-bond donors (Lipinski definition) is 1. The molecule has 0 saturated carbocycles. The van der Waals surface area contributed by atoms with Crippen molar-refractivity contribution in [2.45, 2.75) is 0 Å². The average Bonchev–Trinajstić information content (AvgIpc) is 2.67. The molecule has 0 bridgehead atoms.